The van der Waals surface area contributed by atoms with E-state index in [1.807, 2.05) is 0 Å². The topological polar surface area (TPSA) is 151 Å². The Hall–Kier alpha value is -1.67. The van der Waals surface area contributed by atoms with E-state index in [1.54, 1.807) is 24.3 Å². The van der Waals surface area contributed by atoms with Crippen molar-refractivity contribution in [3.8, 4) is 0 Å². The van der Waals surface area contributed by atoms with E-state index in [-0.39, 0.29) is 0 Å². The van der Waals surface area contributed by atoms with Gasteiger partial charge in [0, 0.05) is 23.2 Å². The molecule has 20 heavy (non-hydrogen) atoms. The average Bonchev–Trinajstić information content (AvgIpc) is 2.38. The summed E-state index contributed by atoms with van der Waals surface area (Å²) in [5.41, 5.74) is 10.8. The summed E-state index contributed by atoms with van der Waals surface area (Å²) >= 11 is 0. The first kappa shape index (κ1) is 16.4. The molecule has 0 unspecified atom stereocenters. The number of nitro groups is 1. The third-order valence-corrected chi connectivity index (χ3v) is 3.37. The van der Waals surface area contributed by atoms with Crippen LogP contribution in [-0.2, 0) is 13.6 Å². The first-order chi connectivity index (χ1) is 9.15. The molecular weight excluding hydrogens is 289 g/mol. The normalized spacial score (nSPS) is 29.1. The van der Waals surface area contributed by atoms with Crippen LogP contribution in [0.5, 0.6) is 0 Å². The molecule has 0 saturated carbocycles. The Kier molecular flexibility index (Phi) is 5.07. The molecule has 1 heterocycles. The lowest BCUT2D eigenvalue weighted by Crippen LogP contribution is -2.46. The van der Waals surface area contributed by atoms with Gasteiger partial charge in [0.1, 0.15) is 13.2 Å². The second-order valence-corrected chi connectivity index (χ2v) is 5.89. The molecule has 10 heteroatoms. The number of hydrogen-bond donors (Lipinski definition) is 3. The maximum atomic E-state index is 10.6. The first-order valence-corrected chi connectivity index (χ1v) is 7.02. The molecule has 1 aliphatic heterocycles. The maximum Gasteiger partial charge on any atom is 0.472 e. The summed E-state index contributed by atoms with van der Waals surface area (Å²) in [7, 11) is -4.01. The zero-order valence-electron chi connectivity index (χ0n) is 10.8. The predicted octanol–water partition coefficient (Wildman–Crippen LogP) is 1.02. The highest BCUT2D eigenvalue weighted by molar-refractivity contribution is 7.47. The van der Waals surface area contributed by atoms with Gasteiger partial charge in [-0.05, 0) is 24.3 Å². The molecule has 1 saturated heterocycles. The third-order valence-electron chi connectivity index (χ3n) is 2.45. The molecule has 0 aromatic heterocycles. The number of phosphoric acid groups is 1. The molecule has 1 aliphatic rings. The number of nitrogen functional groups attached to an aromatic ring is 2. The van der Waals surface area contributed by atoms with Crippen LogP contribution >= 0.6 is 7.82 Å². The smallest absolute Gasteiger partial charge is 0.399 e. The molecule has 112 valence electrons. The predicted molar refractivity (Wildman–Crippen MR) is 72.4 cm³/mol. The Morgan fingerprint density at radius 2 is 1.60 bits per heavy atom. The van der Waals surface area contributed by atoms with Gasteiger partial charge in [0.15, 0.2) is 0 Å². The van der Waals surface area contributed by atoms with Crippen molar-refractivity contribution in [3.63, 3.8) is 0 Å². The number of hydrogen-bond acceptors (Lipinski definition) is 7. The number of benzene rings is 1. The largest absolute Gasteiger partial charge is 0.472 e. The van der Waals surface area contributed by atoms with E-state index in [1.165, 1.54) is 6.92 Å². The molecule has 1 aromatic carbocycles. The fourth-order valence-corrected chi connectivity index (χ4v) is 2.08. The van der Waals surface area contributed by atoms with Crippen LogP contribution in [0.4, 0.5) is 11.4 Å². The average molecular weight is 305 g/mol. The van der Waals surface area contributed by atoms with E-state index in [0.29, 0.717) is 0 Å². The van der Waals surface area contributed by atoms with Crippen molar-refractivity contribution in [2.45, 2.75) is 12.5 Å². The highest BCUT2D eigenvalue weighted by Crippen LogP contribution is 2.48. The number of anilines is 2. The quantitative estimate of drug-likeness (QED) is 0.301. The summed E-state index contributed by atoms with van der Waals surface area (Å²) in [5.74, 6) is 0. The maximum absolute atomic E-state index is 10.6. The van der Waals surface area contributed by atoms with E-state index < -0.39 is 31.5 Å². The second kappa shape index (κ2) is 6.19. The summed E-state index contributed by atoms with van der Waals surface area (Å²) < 4.78 is 19.2. The Balaban J connectivity index is 0.000000217. The van der Waals surface area contributed by atoms with Gasteiger partial charge in [-0.1, -0.05) is 0 Å². The molecule has 0 bridgehead atoms. The van der Waals surface area contributed by atoms with Gasteiger partial charge in [-0.15, -0.1) is 0 Å². The number of phosphoric ester groups is 1. The lowest BCUT2D eigenvalue weighted by atomic mass is 10.1. The fourth-order valence-electron chi connectivity index (χ4n) is 1.12. The minimum absolute atomic E-state index is 0.409. The SMILES string of the molecule is CC1([N+](=O)[O-])COP(=O)(O)OC1.Nc1ccc(N)cc1. The van der Waals surface area contributed by atoms with E-state index in [9.17, 15) is 14.7 Å². The Morgan fingerprint density at radius 3 is 1.90 bits per heavy atom. The van der Waals surface area contributed by atoms with Crippen LogP contribution in [0, 0.1) is 10.1 Å². The molecule has 5 N–H and O–H groups in total. The van der Waals surface area contributed by atoms with Crippen LogP contribution < -0.4 is 11.5 Å². The van der Waals surface area contributed by atoms with Crippen LogP contribution in [-0.4, -0.2) is 28.6 Å². The molecule has 0 radical (unpaired) electrons. The molecule has 0 aliphatic carbocycles. The van der Waals surface area contributed by atoms with Crippen LogP contribution in [0.3, 0.4) is 0 Å². The monoisotopic (exact) mass is 305 g/mol. The molecule has 0 atom stereocenters. The van der Waals surface area contributed by atoms with Crippen LogP contribution in [0.2, 0.25) is 0 Å². The summed E-state index contributed by atoms with van der Waals surface area (Å²) in [6, 6.07) is 7.09. The van der Waals surface area contributed by atoms with Crippen molar-refractivity contribution in [2.24, 2.45) is 0 Å². The van der Waals surface area contributed by atoms with E-state index in [4.69, 9.17) is 16.4 Å². The standard InChI is InChI=1S/C6H8N2.C4H8NO6P/c7-5-1-2-6(8)4-3-5;1-4(5(6)7)2-10-12(8,9)11-3-4/h1-4H,7-8H2;2-3H2,1H3,(H,8,9). The van der Waals surface area contributed by atoms with Gasteiger partial charge >= 0.3 is 7.82 Å². The van der Waals surface area contributed by atoms with Crippen molar-refractivity contribution < 1.29 is 23.4 Å². The van der Waals surface area contributed by atoms with Gasteiger partial charge in [0.25, 0.3) is 5.54 Å². The van der Waals surface area contributed by atoms with Crippen molar-refractivity contribution in [1.29, 1.82) is 0 Å². The minimum Gasteiger partial charge on any atom is -0.399 e. The van der Waals surface area contributed by atoms with Gasteiger partial charge < -0.3 is 16.4 Å². The molecule has 0 amide bonds. The van der Waals surface area contributed by atoms with Crippen LogP contribution in [0.25, 0.3) is 0 Å². The summed E-state index contributed by atoms with van der Waals surface area (Å²) in [5, 5.41) is 10.4. The number of nitrogens with two attached hydrogens (primary N) is 2. The molecule has 2 rings (SSSR count). The molecule has 9 nitrogen and oxygen atoms in total. The first-order valence-electron chi connectivity index (χ1n) is 5.52. The van der Waals surface area contributed by atoms with E-state index >= 15 is 0 Å². The Bertz CT molecular complexity index is 487. The lowest BCUT2D eigenvalue weighted by Gasteiger charge is -2.27. The third kappa shape index (κ3) is 4.78. The van der Waals surface area contributed by atoms with Gasteiger partial charge in [0.2, 0.25) is 0 Å². The molecule has 1 aromatic rings. The van der Waals surface area contributed by atoms with Crippen LogP contribution in [0.1, 0.15) is 6.92 Å². The minimum atomic E-state index is -4.01. The highest BCUT2D eigenvalue weighted by atomic mass is 31.2. The van der Waals surface area contributed by atoms with Gasteiger partial charge in [0.05, 0.1) is 0 Å². The second-order valence-electron chi connectivity index (χ2n) is 4.44. The lowest BCUT2D eigenvalue weighted by molar-refractivity contribution is -0.573. The highest BCUT2D eigenvalue weighted by Gasteiger charge is 2.47. The van der Waals surface area contributed by atoms with E-state index in [2.05, 4.69) is 9.05 Å². The Labute approximate surface area is 115 Å². The van der Waals surface area contributed by atoms with E-state index in [0.717, 1.165) is 11.4 Å². The zero-order valence-corrected chi connectivity index (χ0v) is 11.7. The summed E-state index contributed by atoms with van der Waals surface area (Å²) in [6.45, 7) is 0.466. The Morgan fingerprint density at radius 1 is 1.25 bits per heavy atom. The number of rotatable bonds is 1. The van der Waals surface area contributed by atoms with Crippen molar-refractivity contribution in [2.75, 3.05) is 24.7 Å². The van der Waals surface area contributed by atoms with Crippen molar-refractivity contribution >= 4 is 19.2 Å². The summed E-state index contributed by atoms with van der Waals surface area (Å²) in [4.78, 5) is 18.4. The van der Waals surface area contributed by atoms with Crippen LogP contribution in [0.15, 0.2) is 24.3 Å². The molecular formula is C10H16N3O6P. The molecule has 0 spiro atoms. The van der Waals surface area contributed by atoms with Gasteiger partial charge in [-0.25, -0.2) is 4.57 Å². The zero-order chi connectivity index (χ0) is 15.4. The number of nitrogens with zero attached hydrogens (tertiary/aromatic N) is 1. The fraction of sp³-hybridized carbons (Fsp3) is 0.400. The molecule has 1 fully saturated rings. The van der Waals surface area contributed by atoms with Crippen molar-refractivity contribution in [3.05, 3.63) is 34.4 Å². The van der Waals surface area contributed by atoms with Gasteiger partial charge in [-0.3, -0.25) is 19.2 Å². The van der Waals surface area contributed by atoms with Crippen molar-refractivity contribution in [1.82, 2.24) is 0 Å². The van der Waals surface area contributed by atoms with Gasteiger partial charge in [-0.2, -0.15) is 0 Å². The summed E-state index contributed by atoms with van der Waals surface area (Å²) in [6.07, 6.45) is 0.